The summed E-state index contributed by atoms with van der Waals surface area (Å²) in [4.78, 5) is 32.7. The molecule has 0 saturated carbocycles. The third-order valence-electron chi connectivity index (χ3n) is 5.86. The minimum absolute atomic E-state index is 0. The normalized spacial score (nSPS) is 14.6. The highest BCUT2D eigenvalue weighted by atomic mass is 127. The van der Waals surface area contributed by atoms with Gasteiger partial charge in [-0.25, -0.2) is 0 Å². The van der Waals surface area contributed by atoms with E-state index in [1.807, 2.05) is 9.80 Å². The topological polar surface area (TPSA) is 77.0 Å². The highest BCUT2D eigenvalue weighted by Crippen LogP contribution is 2.10. The molecule has 1 saturated heterocycles. The van der Waals surface area contributed by atoms with Gasteiger partial charge in [0.2, 0.25) is 11.8 Å². The number of nitrogens with zero attached hydrogens (tertiary/aromatic N) is 3. The maximum Gasteiger partial charge on any atom is 0.222 e. The summed E-state index contributed by atoms with van der Waals surface area (Å²) in [5.74, 6) is 2.37. The van der Waals surface area contributed by atoms with Crippen molar-refractivity contribution >= 4 is 41.8 Å². The first kappa shape index (κ1) is 29.9. The molecule has 7 nitrogen and oxygen atoms in total. The number of halogens is 1. The Balaban J connectivity index is 0.00000900. The van der Waals surface area contributed by atoms with Crippen LogP contribution in [-0.4, -0.2) is 73.9 Å². The van der Waals surface area contributed by atoms with E-state index in [2.05, 4.69) is 43.3 Å². The molecule has 0 atom stereocenters. The maximum absolute atomic E-state index is 12.4. The summed E-state index contributed by atoms with van der Waals surface area (Å²) < 4.78 is 0. The Labute approximate surface area is 207 Å². The second kappa shape index (κ2) is 17.5. The van der Waals surface area contributed by atoms with Crippen molar-refractivity contribution in [3.05, 3.63) is 0 Å². The molecule has 1 heterocycles. The zero-order valence-electron chi connectivity index (χ0n) is 20.4. The van der Waals surface area contributed by atoms with Crippen LogP contribution in [-0.2, 0) is 9.59 Å². The summed E-state index contributed by atoms with van der Waals surface area (Å²) >= 11 is 0. The van der Waals surface area contributed by atoms with Crippen LogP contribution in [0.2, 0.25) is 0 Å². The smallest absolute Gasteiger partial charge is 0.222 e. The first-order valence-corrected chi connectivity index (χ1v) is 11.9. The van der Waals surface area contributed by atoms with Crippen LogP contribution in [0, 0.1) is 11.8 Å². The van der Waals surface area contributed by atoms with Crippen molar-refractivity contribution in [2.24, 2.45) is 16.8 Å². The summed E-state index contributed by atoms with van der Waals surface area (Å²) in [6.07, 6.45) is 6.51. The molecule has 1 aliphatic heterocycles. The molecule has 1 fully saturated rings. The summed E-state index contributed by atoms with van der Waals surface area (Å²) in [6.45, 7) is 13.1. The zero-order chi connectivity index (χ0) is 22.4. The monoisotopic (exact) mass is 551 g/mol. The fourth-order valence-electron chi connectivity index (χ4n) is 3.67. The zero-order valence-corrected chi connectivity index (χ0v) is 22.7. The van der Waals surface area contributed by atoms with Crippen LogP contribution < -0.4 is 10.6 Å². The molecule has 1 rings (SSSR count). The van der Waals surface area contributed by atoms with Gasteiger partial charge >= 0.3 is 0 Å². The van der Waals surface area contributed by atoms with Crippen molar-refractivity contribution in [3.63, 3.8) is 0 Å². The number of amides is 2. The molecule has 31 heavy (non-hydrogen) atoms. The first-order chi connectivity index (χ1) is 14.4. The van der Waals surface area contributed by atoms with Crippen LogP contribution in [0.3, 0.4) is 0 Å². The standard InChI is InChI=1S/C23H45N5O2.HI/c1-6-20(7-2)18-26-23(24-5)25-12-10-8-9-11-21(29)27-13-15-28(16-14-27)22(30)17-19(3)4;/h19-20H,6-18H2,1-5H3,(H2,24,25,26);1H. The minimum Gasteiger partial charge on any atom is -0.356 e. The van der Waals surface area contributed by atoms with E-state index in [0.717, 1.165) is 38.3 Å². The van der Waals surface area contributed by atoms with E-state index in [-0.39, 0.29) is 35.8 Å². The second-order valence-corrected chi connectivity index (χ2v) is 8.73. The van der Waals surface area contributed by atoms with Crippen molar-refractivity contribution in [2.45, 2.75) is 72.6 Å². The number of piperazine rings is 1. The fourth-order valence-corrected chi connectivity index (χ4v) is 3.67. The third-order valence-corrected chi connectivity index (χ3v) is 5.86. The lowest BCUT2D eigenvalue weighted by Crippen LogP contribution is -2.50. The number of rotatable bonds is 12. The van der Waals surface area contributed by atoms with Crippen LogP contribution in [0.1, 0.15) is 72.6 Å². The van der Waals surface area contributed by atoms with Crippen LogP contribution in [0.15, 0.2) is 4.99 Å². The average Bonchev–Trinajstić information content (AvgIpc) is 2.74. The van der Waals surface area contributed by atoms with Gasteiger partial charge in [0.25, 0.3) is 0 Å². The van der Waals surface area contributed by atoms with Crippen molar-refractivity contribution in [1.82, 2.24) is 20.4 Å². The molecule has 1 aliphatic rings. The SMILES string of the molecule is CCC(CC)CNC(=NC)NCCCCCC(=O)N1CCN(C(=O)CC(C)C)CC1.I. The predicted molar refractivity (Wildman–Crippen MR) is 140 cm³/mol. The number of carbonyl (C=O) groups is 2. The second-order valence-electron chi connectivity index (χ2n) is 8.73. The molecule has 8 heteroatoms. The van der Waals surface area contributed by atoms with Gasteiger partial charge in [-0.2, -0.15) is 0 Å². The molecule has 0 bridgehead atoms. The Morgan fingerprint density at radius 1 is 0.903 bits per heavy atom. The molecule has 0 aromatic carbocycles. The van der Waals surface area contributed by atoms with E-state index in [4.69, 9.17) is 0 Å². The Bertz CT molecular complexity index is 530. The van der Waals surface area contributed by atoms with Crippen LogP contribution >= 0.6 is 24.0 Å². The summed E-state index contributed by atoms with van der Waals surface area (Å²) in [6, 6.07) is 0. The van der Waals surface area contributed by atoms with E-state index < -0.39 is 0 Å². The summed E-state index contributed by atoms with van der Waals surface area (Å²) in [5.41, 5.74) is 0. The van der Waals surface area contributed by atoms with E-state index in [1.165, 1.54) is 12.8 Å². The lowest BCUT2D eigenvalue weighted by molar-refractivity contribution is -0.140. The number of guanidine groups is 1. The molecule has 2 N–H and O–H groups in total. The molecule has 2 amide bonds. The van der Waals surface area contributed by atoms with Gasteiger partial charge in [-0.3, -0.25) is 14.6 Å². The molecular formula is C23H46IN5O2. The van der Waals surface area contributed by atoms with Gasteiger partial charge in [0.1, 0.15) is 0 Å². The summed E-state index contributed by atoms with van der Waals surface area (Å²) in [5, 5.41) is 6.75. The fraction of sp³-hybridized carbons (Fsp3) is 0.870. The van der Waals surface area contributed by atoms with Gasteiger partial charge in [0.05, 0.1) is 0 Å². The van der Waals surface area contributed by atoms with Crippen molar-refractivity contribution in [2.75, 3.05) is 46.3 Å². The molecule has 0 radical (unpaired) electrons. The minimum atomic E-state index is 0. The Morgan fingerprint density at radius 2 is 1.48 bits per heavy atom. The highest BCUT2D eigenvalue weighted by Gasteiger charge is 2.23. The maximum atomic E-state index is 12.4. The molecule has 0 unspecified atom stereocenters. The molecule has 0 aliphatic carbocycles. The largest absolute Gasteiger partial charge is 0.356 e. The lowest BCUT2D eigenvalue weighted by atomic mass is 10.0. The number of hydrogen-bond donors (Lipinski definition) is 2. The average molecular weight is 552 g/mol. The number of carbonyl (C=O) groups excluding carboxylic acids is 2. The van der Waals surface area contributed by atoms with E-state index in [1.54, 1.807) is 7.05 Å². The molecule has 0 aromatic heterocycles. The Morgan fingerprint density at radius 3 is 2.00 bits per heavy atom. The Kier molecular flexibility index (Phi) is 16.9. The number of hydrogen-bond acceptors (Lipinski definition) is 3. The number of unbranched alkanes of at least 4 members (excludes halogenated alkanes) is 2. The third kappa shape index (κ3) is 12.5. The van der Waals surface area contributed by atoms with Crippen LogP contribution in [0.4, 0.5) is 0 Å². The predicted octanol–water partition coefficient (Wildman–Crippen LogP) is 3.48. The molecule has 0 spiro atoms. The van der Waals surface area contributed by atoms with E-state index in [0.29, 0.717) is 50.9 Å². The van der Waals surface area contributed by atoms with Gasteiger partial charge < -0.3 is 20.4 Å². The van der Waals surface area contributed by atoms with Crippen molar-refractivity contribution in [1.29, 1.82) is 0 Å². The van der Waals surface area contributed by atoms with Crippen molar-refractivity contribution < 1.29 is 9.59 Å². The van der Waals surface area contributed by atoms with Gasteiger partial charge in [-0.05, 0) is 24.7 Å². The quantitative estimate of drug-likeness (QED) is 0.169. The van der Waals surface area contributed by atoms with Gasteiger partial charge in [0.15, 0.2) is 5.96 Å². The van der Waals surface area contributed by atoms with Gasteiger partial charge in [-0.15, -0.1) is 24.0 Å². The highest BCUT2D eigenvalue weighted by molar-refractivity contribution is 14.0. The number of nitrogens with one attached hydrogen (secondary N) is 2. The van der Waals surface area contributed by atoms with Crippen LogP contribution in [0.25, 0.3) is 0 Å². The van der Waals surface area contributed by atoms with Gasteiger partial charge in [-0.1, -0.05) is 47.0 Å². The molecule has 0 aromatic rings. The number of aliphatic imine (C=N–C) groups is 1. The van der Waals surface area contributed by atoms with Crippen LogP contribution in [0.5, 0.6) is 0 Å². The lowest BCUT2D eigenvalue weighted by Gasteiger charge is -2.35. The van der Waals surface area contributed by atoms with E-state index in [9.17, 15) is 9.59 Å². The first-order valence-electron chi connectivity index (χ1n) is 11.9. The Hall–Kier alpha value is -1.06. The molecular weight excluding hydrogens is 505 g/mol. The molecule has 182 valence electrons. The summed E-state index contributed by atoms with van der Waals surface area (Å²) in [7, 11) is 1.80. The van der Waals surface area contributed by atoms with E-state index >= 15 is 0 Å². The van der Waals surface area contributed by atoms with Gasteiger partial charge in [0, 0.05) is 59.2 Å². The van der Waals surface area contributed by atoms with Crippen molar-refractivity contribution in [3.8, 4) is 0 Å².